The average molecular weight is 372 g/mol. The maximum Gasteiger partial charge on any atom is 0.354 e. The minimum absolute atomic E-state index is 0.167. The quantitative estimate of drug-likeness (QED) is 0.817. The van der Waals surface area contributed by atoms with Gasteiger partial charge >= 0.3 is 5.97 Å². The second-order valence-electron chi connectivity index (χ2n) is 5.67. The van der Waals surface area contributed by atoms with Gasteiger partial charge in [0, 0.05) is 17.1 Å². The molecule has 1 atom stereocenters. The molecule has 2 aromatic rings. The largest absolute Gasteiger partial charge is 0.461 e. The molecule has 1 aliphatic heterocycles. The van der Waals surface area contributed by atoms with Gasteiger partial charge in [-0.2, -0.15) is 5.10 Å². The van der Waals surface area contributed by atoms with Crippen molar-refractivity contribution < 1.29 is 14.3 Å². The Labute approximate surface area is 156 Å². The number of benzene rings is 2. The van der Waals surface area contributed by atoms with Gasteiger partial charge in [-0.25, -0.2) is 4.79 Å². The third kappa shape index (κ3) is 4.03. The van der Waals surface area contributed by atoms with Crippen LogP contribution in [0.15, 0.2) is 59.7 Å². The van der Waals surface area contributed by atoms with Crippen LogP contribution in [0.3, 0.4) is 0 Å². The monoisotopic (exact) mass is 371 g/mol. The predicted octanol–water partition coefficient (Wildman–Crippen LogP) is 3.48. The fraction of sp³-hybridized carbons (Fsp3) is 0.211. The zero-order chi connectivity index (χ0) is 18.5. The summed E-state index contributed by atoms with van der Waals surface area (Å²) in [5.74, 6) is -0.786. The van der Waals surface area contributed by atoms with E-state index in [1.807, 2.05) is 30.3 Å². The Balaban J connectivity index is 1.84. The van der Waals surface area contributed by atoms with Crippen molar-refractivity contribution in [2.75, 3.05) is 16.9 Å². The second kappa shape index (κ2) is 8.01. The molecular weight excluding hydrogens is 354 g/mol. The molecule has 3 rings (SSSR count). The number of carbonyl (C=O) groups is 2. The molecule has 26 heavy (non-hydrogen) atoms. The van der Waals surface area contributed by atoms with Crippen LogP contribution < -0.4 is 10.3 Å². The van der Waals surface area contributed by atoms with Crippen LogP contribution >= 0.6 is 11.6 Å². The first-order valence-corrected chi connectivity index (χ1v) is 8.61. The number of halogens is 1. The first-order valence-electron chi connectivity index (χ1n) is 8.24. The molecule has 0 aromatic heterocycles. The van der Waals surface area contributed by atoms with Gasteiger partial charge < -0.3 is 10.1 Å². The van der Waals surface area contributed by atoms with E-state index in [-0.39, 0.29) is 24.6 Å². The lowest BCUT2D eigenvalue weighted by Crippen LogP contribution is -2.38. The summed E-state index contributed by atoms with van der Waals surface area (Å²) in [4.78, 5) is 24.9. The minimum atomic E-state index is -0.657. The van der Waals surface area contributed by atoms with Gasteiger partial charge in [-0.15, -0.1) is 0 Å². The standard InChI is InChI=1S/C19H18ClN3O3/c1-2-26-19(25)16-12-17(23(22-16)15-9-4-3-5-10-15)18(24)21-14-8-6-7-13(20)11-14/h3-11,17H,2,12H2,1H3,(H,21,24). The van der Waals surface area contributed by atoms with Crippen LogP contribution in [-0.2, 0) is 14.3 Å². The summed E-state index contributed by atoms with van der Waals surface area (Å²) < 4.78 is 5.03. The molecule has 0 aliphatic carbocycles. The molecule has 134 valence electrons. The summed E-state index contributed by atoms with van der Waals surface area (Å²) in [6.45, 7) is 1.98. The SMILES string of the molecule is CCOC(=O)C1=NN(c2ccccc2)C(C(=O)Nc2cccc(Cl)c2)C1. The van der Waals surface area contributed by atoms with Crippen molar-refractivity contribution in [3.63, 3.8) is 0 Å². The number of nitrogens with one attached hydrogen (secondary N) is 1. The number of rotatable bonds is 5. The Morgan fingerprint density at radius 1 is 1.23 bits per heavy atom. The van der Waals surface area contributed by atoms with Crippen molar-refractivity contribution in [3.8, 4) is 0 Å². The first-order chi connectivity index (χ1) is 12.6. The van der Waals surface area contributed by atoms with Crippen LogP contribution in [0.25, 0.3) is 0 Å². The van der Waals surface area contributed by atoms with E-state index in [2.05, 4.69) is 10.4 Å². The zero-order valence-electron chi connectivity index (χ0n) is 14.2. The summed E-state index contributed by atoms with van der Waals surface area (Å²) in [7, 11) is 0. The minimum Gasteiger partial charge on any atom is -0.461 e. The van der Waals surface area contributed by atoms with Gasteiger partial charge in [-0.05, 0) is 37.3 Å². The molecule has 1 amide bonds. The Morgan fingerprint density at radius 2 is 2.00 bits per heavy atom. The van der Waals surface area contributed by atoms with E-state index in [0.717, 1.165) is 5.69 Å². The predicted molar refractivity (Wildman–Crippen MR) is 101 cm³/mol. The molecule has 0 saturated heterocycles. The van der Waals surface area contributed by atoms with E-state index in [1.165, 1.54) is 0 Å². The Bertz CT molecular complexity index is 839. The van der Waals surface area contributed by atoms with Gasteiger partial charge in [0.2, 0.25) is 5.91 Å². The van der Waals surface area contributed by atoms with Crippen LogP contribution in [0, 0.1) is 0 Å². The summed E-state index contributed by atoms with van der Waals surface area (Å²) in [5, 5.41) is 9.23. The van der Waals surface area contributed by atoms with E-state index in [4.69, 9.17) is 16.3 Å². The molecule has 0 saturated carbocycles. The topological polar surface area (TPSA) is 71.0 Å². The van der Waals surface area contributed by atoms with Gasteiger partial charge in [-0.1, -0.05) is 35.9 Å². The fourth-order valence-corrected chi connectivity index (χ4v) is 2.85. The summed E-state index contributed by atoms with van der Waals surface area (Å²) in [5.41, 5.74) is 1.53. The highest BCUT2D eigenvalue weighted by atomic mass is 35.5. The van der Waals surface area contributed by atoms with E-state index >= 15 is 0 Å². The number of para-hydroxylation sites is 1. The number of hydrogen-bond acceptors (Lipinski definition) is 5. The van der Waals surface area contributed by atoms with Crippen LogP contribution in [0.1, 0.15) is 13.3 Å². The Morgan fingerprint density at radius 3 is 2.69 bits per heavy atom. The van der Waals surface area contributed by atoms with Crippen molar-refractivity contribution in [2.24, 2.45) is 5.10 Å². The Kier molecular flexibility index (Phi) is 5.53. The molecule has 0 fully saturated rings. The molecule has 6 nitrogen and oxygen atoms in total. The maximum absolute atomic E-state index is 12.8. The maximum atomic E-state index is 12.8. The molecule has 0 spiro atoms. The third-order valence-corrected chi connectivity index (χ3v) is 4.07. The molecular formula is C19H18ClN3O3. The average Bonchev–Trinajstić information content (AvgIpc) is 3.08. The van der Waals surface area contributed by atoms with Gasteiger partial charge in [0.1, 0.15) is 11.8 Å². The highest BCUT2D eigenvalue weighted by molar-refractivity contribution is 6.38. The number of nitrogens with zero attached hydrogens (tertiary/aromatic N) is 2. The number of hydrogen-bond donors (Lipinski definition) is 1. The number of esters is 1. The molecule has 1 aliphatic rings. The summed E-state index contributed by atoms with van der Waals surface area (Å²) >= 11 is 5.97. The molecule has 0 radical (unpaired) electrons. The molecule has 1 unspecified atom stereocenters. The van der Waals surface area contributed by atoms with Crippen LogP contribution in [0.5, 0.6) is 0 Å². The van der Waals surface area contributed by atoms with Crippen LogP contribution in [0.2, 0.25) is 5.02 Å². The van der Waals surface area contributed by atoms with E-state index in [9.17, 15) is 9.59 Å². The van der Waals surface area contributed by atoms with Gasteiger partial charge in [0.25, 0.3) is 0 Å². The Hall–Kier alpha value is -2.86. The number of anilines is 2. The lowest BCUT2D eigenvalue weighted by molar-refractivity contribution is -0.135. The molecule has 2 aromatic carbocycles. The number of ether oxygens (including phenoxy) is 1. The van der Waals surface area contributed by atoms with Crippen LogP contribution in [-0.4, -0.2) is 30.2 Å². The smallest absolute Gasteiger partial charge is 0.354 e. The number of hydrazone groups is 1. The van der Waals surface area contributed by atoms with Gasteiger partial charge in [0.15, 0.2) is 0 Å². The number of carbonyl (C=O) groups excluding carboxylic acids is 2. The fourth-order valence-electron chi connectivity index (χ4n) is 2.66. The summed E-state index contributed by atoms with van der Waals surface area (Å²) in [6.07, 6.45) is 0.167. The van der Waals surface area contributed by atoms with Gasteiger partial charge in [-0.3, -0.25) is 9.80 Å². The van der Waals surface area contributed by atoms with Crippen molar-refractivity contribution in [1.29, 1.82) is 0 Å². The molecule has 1 N–H and O–H groups in total. The first kappa shape index (κ1) is 17.9. The van der Waals surface area contributed by atoms with Crippen molar-refractivity contribution >= 4 is 40.6 Å². The second-order valence-corrected chi connectivity index (χ2v) is 6.10. The zero-order valence-corrected chi connectivity index (χ0v) is 14.9. The number of amides is 1. The highest BCUT2D eigenvalue weighted by Gasteiger charge is 2.36. The highest BCUT2D eigenvalue weighted by Crippen LogP contribution is 2.26. The van der Waals surface area contributed by atoms with E-state index in [0.29, 0.717) is 10.7 Å². The molecule has 0 bridgehead atoms. The lowest BCUT2D eigenvalue weighted by atomic mass is 10.1. The lowest BCUT2D eigenvalue weighted by Gasteiger charge is -2.22. The van der Waals surface area contributed by atoms with Gasteiger partial charge in [0.05, 0.1) is 12.3 Å². The summed E-state index contributed by atoms with van der Waals surface area (Å²) in [6, 6.07) is 15.5. The molecule has 1 heterocycles. The normalized spacial score (nSPS) is 16.2. The van der Waals surface area contributed by atoms with Crippen molar-refractivity contribution in [2.45, 2.75) is 19.4 Å². The van der Waals surface area contributed by atoms with E-state index in [1.54, 1.807) is 36.2 Å². The van der Waals surface area contributed by atoms with E-state index < -0.39 is 12.0 Å². The van der Waals surface area contributed by atoms with Crippen LogP contribution in [0.4, 0.5) is 11.4 Å². The third-order valence-electron chi connectivity index (χ3n) is 3.84. The molecule has 7 heteroatoms. The van der Waals surface area contributed by atoms with Crippen molar-refractivity contribution in [1.82, 2.24) is 0 Å². The van der Waals surface area contributed by atoms with Crippen molar-refractivity contribution in [3.05, 3.63) is 59.6 Å².